The molecule has 10 nitrogen and oxygen atoms in total. The van der Waals surface area contributed by atoms with Crippen molar-refractivity contribution < 1.29 is 9.59 Å². The van der Waals surface area contributed by atoms with Gasteiger partial charge in [-0.1, -0.05) is 0 Å². The van der Waals surface area contributed by atoms with Crippen LogP contribution in [0, 0.1) is 0 Å². The van der Waals surface area contributed by atoms with E-state index < -0.39 is 0 Å². The smallest absolute Gasteiger partial charge is 0.240 e. The fourth-order valence-electron chi connectivity index (χ4n) is 2.13. The highest BCUT2D eigenvalue weighted by atomic mass is 16.2. The van der Waals surface area contributed by atoms with Crippen molar-refractivity contribution in [2.45, 2.75) is 13.1 Å². The molecule has 24 heavy (non-hydrogen) atoms. The maximum absolute atomic E-state index is 11.9. The number of hydrogen-bond donors (Lipinski definition) is 4. The number of amides is 2. The summed E-state index contributed by atoms with van der Waals surface area (Å²) in [5.41, 5.74) is 10.7. The van der Waals surface area contributed by atoms with Crippen LogP contribution in [0.1, 0.15) is 0 Å². The van der Waals surface area contributed by atoms with Crippen LogP contribution in [0.25, 0.3) is 11.6 Å². The Kier molecular flexibility index (Phi) is 6.46. The van der Waals surface area contributed by atoms with Gasteiger partial charge in [0.1, 0.15) is 13.1 Å². The molecule has 0 spiro atoms. The van der Waals surface area contributed by atoms with Crippen LogP contribution in [0.3, 0.4) is 0 Å². The van der Waals surface area contributed by atoms with Crippen molar-refractivity contribution in [2.24, 2.45) is 11.5 Å². The first kappa shape index (κ1) is 17.6. The van der Waals surface area contributed by atoms with Crippen LogP contribution >= 0.6 is 0 Å². The molecule has 2 rings (SSSR count). The van der Waals surface area contributed by atoms with E-state index in [1.165, 1.54) is 0 Å². The number of imidazole rings is 2. The predicted octanol–water partition coefficient (Wildman–Crippen LogP) is -2.10. The topological polar surface area (TPSA) is 146 Å². The van der Waals surface area contributed by atoms with Gasteiger partial charge in [0.05, 0.1) is 0 Å². The summed E-state index contributed by atoms with van der Waals surface area (Å²) in [6.45, 7) is 1.79. The molecule has 0 aliphatic heterocycles. The average Bonchev–Trinajstić information content (AvgIpc) is 3.19. The third-order valence-corrected chi connectivity index (χ3v) is 3.19. The number of nitrogens with zero attached hydrogens (tertiary/aromatic N) is 4. The predicted molar refractivity (Wildman–Crippen MR) is 87.6 cm³/mol. The molecule has 0 unspecified atom stereocenters. The summed E-state index contributed by atoms with van der Waals surface area (Å²) >= 11 is 0. The molecule has 0 aromatic carbocycles. The molecular weight excluding hydrogens is 312 g/mol. The molecule has 2 amide bonds. The van der Waals surface area contributed by atoms with Crippen LogP contribution in [-0.4, -0.2) is 57.1 Å². The fraction of sp³-hybridized carbons (Fsp3) is 0.429. The standard InChI is InChI=1S/C14H22N8O2/c15-1-3-17-11(23)9-21-7-5-19-13(21)14-20-6-8-22(14)10-12(24)18-4-2-16/h5-8H,1-4,9-10,15-16H2,(H,17,23)(H,18,24). The summed E-state index contributed by atoms with van der Waals surface area (Å²) in [6, 6.07) is 0. The van der Waals surface area contributed by atoms with E-state index in [4.69, 9.17) is 11.5 Å². The van der Waals surface area contributed by atoms with E-state index in [1.54, 1.807) is 33.9 Å². The quantitative estimate of drug-likeness (QED) is 0.413. The molecule has 0 bridgehead atoms. The van der Waals surface area contributed by atoms with Gasteiger partial charge < -0.3 is 31.2 Å². The second-order valence-electron chi connectivity index (χ2n) is 5.03. The molecule has 0 radical (unpaired) electrons. The molecular formula is C14H22N8O2. The minimum atomic E-state index is -0.168. The third-order valence-electron chi connectivity index (χ3n) is 3.19. The number of nitrogens with two attached hydrogens (primary N) is 2. The minimum absolute atomic E-state index is 0.0988. The van der Waals surface area contributed by atoms with Crippen molar-refractivity contribution in [1.82, 2.24) is 29.7 Å². The molecule has 0 saturated heterocycles. The summed E-state index contributed by atoms with van der Waals surface area (Å²) in [4.78, 5) is 32.2. The Bertz CT molecular complexity index is 620. The molecule has 6 N–H and O–H groups in total. The average molecular weight is 334 g/mol. The maximum atomic E-state index is 11.9. The van der Waals surface area contributed by atoms with E-state index in [0.717, 1.165) is 0 Å². The van der Waals surface area contributed by atoms with Crippen molar-refractivity contribution in [1.29, 1.82) is 0 Å². The number of nitrogens with one attached hydrogen (secondary N) is 2. The van der Waals surface area contributed by atoms with Crippen molar-refractivity contribution >= 4 is 11.8 Å². The van der Waals surface area contributed by atoms with Gasteiger partial charge in [0.25, 0.3) is 0 Å². The van der Waals surface area contributed by atoms with Crippen LogP contribution in [0.2, 0.25) is 0 Å². The van der Waals surface area contributed by atoms with Crippen LogP contribution in [0.4, 0.5) is 0 Å². The van der Waals surface area contributed by atoms with Gasteiger partial charge in [-0.3, -0.25) is 9.59 Å². The zero-order valence-electron chi connectivity index (χ0n) is 13.3. The van der Waals surface area contributed by atoms with Crippen LogP contribution in [0.15, 0.2) is 24.8 Å². The number of rotatable bonds is 9. The van der Waals surface area contributed by atoms with Crippen LogP contribution in [0.5, 0.6) is 0 Å². The minimum Gasteiger partial charge on any atom is -0.353 e. The molecule has 0 saturated carbocycles. The van der Waals surface area contributed by atoms with Crippen molar-refractivity contribution in [3.8, 4) is 11.6 Å². The summed E-state index contributed by atoms with van der Waals surface area (Å²) in [5.74, 6) is 0.682. The Balaban J connectivity index is 2.10. The monoisotopic (exact) mass is 334 g/mol. The third kappa shape index (κ3) is 4.64. The van der Waals surface area contributed by atoms with Gasteiger partial charge in [-0.25, -0.2) is 9.97 Å². The van der Waals surface area contributed by atoms with E-state index >= 15 is 0 Å². The Morgan fingerprint density at radius 2 is 1.29 bits per heavy atom. The summed E-state index contributed by atoms with van der Waals surface area (Å²) in [7, 11) is 0. The lowest BCUT2D eigenvalue weighted by Gasteiger charge is -2.10. The number of carbonyl (C=O) groups excluding carboxylic acids is 2. The van der Waals surface area contributed by atoms with E-state index in [1.807, 2.05) is 0 Å². The van der Waals surface area contributed by atoms with Crippen molar-refractivity contribution in [3.63, 3.8) is 0 Å². The van der Waals surface area contributed by atoms with Gasteiger partial charge in [0.15, 0.2) is 11.6 Å². The normalized spacial score (nSPS) is 10.6. The zero-order chi connectivity index (χ0) is 17.4. The van der Waals surface area contributed by atoms with Gasteiger partial charge in [-0.2, -0.15) is 0 Å². The van der Waals surface area contributed by atoms with Gasteiger partial charge >= 0.3 is 0 Å². The molecule has 10 heteroatoms. The highest BCUT2D eigenvalue weighted by Gasteiger charge is 2.15. The first-order chi connectivity index (χ1) is 11.7. The lowest BCUT2D eigenvalue weighted by Crippen LogP contribution is -2.32. The van der Waals surface area contributed by atoms with E-state index in [9.17, 15) is 9.59 Å². The van der Waals surface area contributed by atoms with Gasteiger partial charge in [0.2, 0.25) is 11.8 Å². The van der Waals surface area contributed by atoms with Crippen LogP contribution < -0.4 is 22.1 Å². The molecule has 2 aromatic rings. The Hall–Kier alpha value is -2.72. The van der Waals surface area contributed by atoms with E-state index in [0.29, 0.717) is 37.8 Å². The number of aromatic nitrogens is 4. The fourth-order valence-corrected chi connectivity index (χ4v) is 2.13. The first-order valence-corrected chi connectivity index (χ1v) is 7.62. The molecule has 130 valence electrons. The largest absolute Gasteiger partial charge is 0.353 e. The molecule has 0 fully saturated rings. The molecule has 0 aliphatic rings. The van der Waals surface area contributed by atoms with E-state index in [2.05, 4.69) is 20.6 Å². The van der Waals surface area contributed by atoms with Crippen LogP contribution in [-0.2, 0) is 22.7 Å². The van der Waals surface area contributed by atoms with Gasteiger partial charge in [0, 0.05) is 51.0 Å². The highest BCUT2D eigenvalue weighted by molar-refractivity contribution is 5.77. The zero-order valence-corrected chi connectivity index (χ0v) is 13.3. The molecule has 0 aliphatic carbocycles. The molecule has 0 atom stereocenters. The lowest BCUT2D eigenvalue weighted by molar-refractivity contribution is -0.122. The number of carbonyl (C=O) groups is 2. The Morgan fingerprint density at radius 1 is 0.875 bits per heavy atom. The Labute approximate surface area is 139 Å². The van der Waals surface area contributed by atoms with Gasteiger partial charge in [-0.15, -0.1) is 0 Å². The lowest BCUT2D eigenvalue weighted by atomic mass is 10.4. The molecule has 2 heterocycles. The number of hydrogen-bond acceptors (Lipinski definition) is 6. The second kappa shape index (κ2) is 8.79. The first-order valence-electron chi connectivity index (χ1n) is 7.62. The van der Waals surface area contributed by atoms with E-state index in [-0.39, 0.29) is 24.9 Å². The maximum Gasteiger partial charge on any atom is 0.240 e. The second-order valence-corrected chi connectivity index (χ2v) is 5.03. The summed E-state index contributed by atoms with van der Waals surface area (Å²) < 4.78 is 3.34. The van der Waals surface area contributed by atoms with Crippen molar-refractivity contribution in [2.75, 3.05) is 26.2 Å². The summed E-state index contributed by atoms with van der Waals surface area (Å²) in [5, 5.41) is 5.39. The SMILES string of the molecule is NCCNC(=O)Cn1ccnc1-c1nccn1CC(=O)NCCN. The summed E-state index contributed by atoms with van der Waals surface area (Å²) in [6.07, 6.45) is 6.54. The van der Waals surface area contributed by atoms with Gasteiger partial charge in [-0.05, 0) is 0 Å². The van der Waals surface area contributed by atoms with Crippen molar-refractivity contribution in [3.05, 3.63) is 24.8 Å². The molecule has 2 aromatic heterocycles. The Morgan fingerprint density at radius 3 is 1.67 bits per heavy atom. The highest BCUT2D eigenvalue weighted by Crippen LogP contribution is 2.15.